The Balaban J connectivity index is 2.82. The number of rotatable bonds is 3. The molecule has 1 nitrogen and oxygen atoms in total. The Morgan fingerprint density at radius 3 is 2.57 bits per heavy atom. The van der Waals surface area contributed by atoms with Crippen LogP contribution in [0.15, 0.2) is 12.3 Å². The summed E-state index contributed by atoms with van der Waals surface area (Å²) in [7, 11) is 0. The van der Waals surface area contributed by atoms with E-state index in [4.69, 9.17) is 4.74 Å². The third-order valence-corrected chi connectivity index (χ3v) is 0.510. The molecule has 0 unspecified atom stereocenters. The van der Waals surface area contributed by atoms with Gasteiger partial charge in [0.05, 0.1) is 20.1 Å². The zero-order valence-electron chi connectivity index (χ0n) is 4.74. The summed E-state index contributed by atoms with van der Waals surface area (Å²) >= 11 is 0. The fourth-order valence-electron chi connectivity index (χ4n) is 0.246. The molecule has 0 aliphatic rings. The zero-order chi connectivity index (χ0) is 5.70. The molecule has 0 aromatic carbocycles. The summed E-state index contributed by atoms with van der Waals surface area (Å²) in [6.07, 6.45) is 1.02. The Morgan fingerprint density at radius 2 is 2.43 bits per heavy atom. The van der Waals surface area contributed by atoms with E-state index < -0.39 is 0 Å². The van der Waals surface area contributed by atoms with Gasteiger partial charge in [0.25, 0.3) is 5.76 Å². The van der Waals surface area contributed by atoms with Crippen LogP contribution in [-0.2, 0) is 4.74 Å². The molecule has 0 fully saturated rings. The predicted molar refractivity (Wildman–Crippen MR) is 30.7 cm³/mol. The van der Waals surface area contributed by atoms with Crippen molar-refractivity contribution < 1.29 is 4.74 Å². The van der Waals surface area contributed by atoms with Crippen LogP contribution in [0.4, 0.5) is 0 Å². The van der Waals surface area contributed by atoms with Gasteiger partial charge in [0.1, 0.15) is 0 Å². The van der Waals surface area contributed by atoms with E-state index in [0.29, 0.717) is 5.76 Å². The molecule has 0 heterocycles. The van der Waals surface area contributed by atoms with E-state index in [0.717, 1.165) is 13.0 Å². The van der Waals surface area contributed by atoms with Gasteiger partial charge in [-0.25, -0.2) is 0 Å². The van der Waals surface area contributed by atoms with Crippen LogP contribution >= 0.6 is 0 Å². The molecule has 7 heavy (non-hydrogen) atoms. The minimum absolute atomic E-state index is 0.557. The van der Waals surface area contributed by atoms with Crippen LogP contribution in [0.1, 0.15) is 13.3 Å². The zero-order valence-corrected chi connectivity index (χ0v) is 4.74. The molecule has 0 bridgehead atoms. The van der Waals surface area contributed by atoms with E-state index in [1.165, 1.54) is 0 Å². The van der Waals surface area contributed by atoms with E-state index in [2.05, 4.69) is 13.5 Å². The van der Waals surface area contributed by atoms with Crippen molar-refractivity contribution in [3.8, 4) is 0 Å². The first-order valence-corrected chi connectivity index (χ1v) is 2.41. The highest BCUT2D eigenvalue weighted by Crippen LogP contribution is 1.89. The Morgan fingerprint density at radius 1 is 1.86 bits per heavy atom. The Hall–Kier alpha value is -0.590. The van der Waals surface area contributed by atoms with Gasteiger partial charge in [0.2, 0.25) is 0 Å². The number of allylic oxidation sites excluding steroid dienone is 1. The summed E-state index contributed by atoms with van der Waals surface area (Å²) in [5.41, 5.74) is 0. The van der Waals surface area contributed by atoms with Gasteiger partial charge in [-0.05, 0) is 6.42 Å². The van der Waals surface area contributed by atoms with Gasteiger partial charge in [-0.15, -0.1) is 0 Å². The van der Waals surface area contributed by atoms with Crippen molar-refractivity contribution in [1.82, 2.24) is 0 Å². The van der Waals surface area contributed by atoms with Gasteiger partial charge >= 0.3 is 0 Å². The fourth-order valence-corrected chi connectivity index (χ4v) is 0.246. The van der Waals surface area contributed by atoms with Crippen LogP contribution in [0.5, 0.6) is 0 Å². The van der Waals surface area contributed by atoms with Crippen molar-refractivity contribution in [3.05, 3.63) is 19.3 Å². The summed E-state index contributed by atoms with van der Waals surface area (Å²) in [6.45, 7) is 9.70. The Labute approximate surface area is 45.0 Å². The van der Waals surface area contributed by atoms with Gasteiger partial charge in [-0.3, -0.25) is 0 Å². The molecule has 0 aromatic rings. The SMILES string of the molecule is C=C([CH2+])OCCC. The lowest BCUT2D eigenvalue weighted by molar-refractivity contribution is 0.225. The quantitative estimate of drug-likeness (QED) is 0.387. The highest BCUT2D eigenvalue weighted by Gasteiger charge is 1.86. The molecular formula is C6H11O+. The van der Waals surface area contributed by atoms with Crippen molar-refractivity contribution in [2.45, 2.75) is 13.3 Å². The van der Waals surface area contributed by atoms with E-state index in [1.807, 2.05) is 6.92 Å². The van der Waals surface area contributed by atoms with Crippen LogP contribution in [0.2, 0.25) is 0 Å². The van der Waals surface area contributed by atoms with Crippen LogP contribution in [0, 0.1) is 6.92 Å². The summed E-state index contributed by atoms with van der Waals surface area (Å²) < 4.78 is 4.89. The van der Waals surface area contributed by atoms with E-state index in [-0.39, 0.29) is 0 Å². The van der Waals surface area contributed by atoms with E-state index in [9.17, 15) is 0 Å². The second kappa shape index (κ2) is 3.59. The summed E-state index contributed by atoms with van der Waals surface area (Å²) in [6, 6.07) is 0. The maximum absolute atomic E-state index is 4.89. The number of hydrogen-bond acceptors (Lipinski definition) is 1. The topological polar surface area (TPSA) is 9.23 Å². The lowest BCUT2D eigenvalue weighted by Gasteiger charge is -1.93. The highest BCUT2D eigenvalue weighted by atomic mass is 16.5. The van der Waals surface area contributed by atoms with Crippen LogP contribution < -0.4 is 0 Å². The normalized spacial score (nSPS) is 8.14. The third kappa shape index (κ3) is 5.41. The molecule has 0 atom stereocenters. The molecule has 0 aromatic heterocycles. The second-order valence-electron chi connectivity index (χ2n) is 1.39. The van der Waals surface area contributed by atoms with E-state index >= 15 is 0 Å². The standard InChI is InChI=1S/C6H11O/c1-4-5-7-6(2)3/h2-5H2,1H3/q+1. The lowest BCUT2D eigenvalue weighted by Crippen LogP contribution is -1.86. The maximum Gasteiger partial charge on any atom is 0.269 e. The first-order chi connectivity index (χ1) is 3.27. The highest BCUT2D eigenvalue weighted by molar-refractivity contribution is 4.84. The van der Waals surface area contributed by atoms with Crippen molar-refractivity contribution in [3.63, 3.8) is 0 Å². The van der Waals surface area contributed by atoms with Gasteiger partial charge in [0.15, 0.2) is 0 Å². The minimum atomic E-state index is 0.557. The third-order valence-electron chi connectivity index (χ3n) is 0.510. The fraction of sp³-hybridized carbons (Fsp3) is 0.500. The van der Waals surface area contributed by atoms with Gasteiger partial charge in [0, 0.05) is 0 Å². The molecule has 0 saturated carbocycles. The van der Waals surface area contributed by atoms with Crippen LogP contribution in [0.25, 0.3) is 0 Å². The molecule has 0 saturated heterocycles. The van der Waals surface area contributed by atoms with Crippen LogP contribution in [0.3, 0.4) is 0 Å². The average Bonchev–Trinajstić information content (AvgIpc) is 1.61. The summed E-state index contributed by atoms with van der Waals surface area (Å²) in [5.74, 6) is 0.557. The monoisotopic (exact) mass is 99.1 g/mol. The average molecular weight is 99.2 g/mol. The Bertz CT molecular complexity index is 57.2. The predicted octanol–water partition coefficient (Wildman–Crippen LogP) is 1.76. The molecule has 0 N–H and O–H groups in total. The van der Waals surface area contributed by atoms with Crippen molar-refractivity contribution in [2.24, 2.45) is 0 Å². The van der Waals surface area contributed by atoms with Crippen LogP contribution in [-0.4, -0.2) is 6.61 Å². The minimum Gasteiger partial charge on any atom is -0.463 e. The first-order valence-electron chi connectivity index (χ1n) is 2.41. The largest absolute Gasteiger partial charge is 0.463 e. The molecule has 0 spiro atoms. The smallest absolute Gasteiger partial charge is 0.269 e. The van der Waals surface area contributed by atoms with Gasteiger partial charge in [-0.2, -0.15) is 0 Å². The van der Waals surface area contributed by atoms with Gasteiger partial charge in [-0.1, -0.05) is 6.92 Å². The summed E-state index contributed by atoms with van der Waals surface area (Å²) in [5, 5.41) is 0. The summed E-state index contributed by atoms with van der Waals surface area (Å²) in [4.78, 5) is 0. The maximum atomic E-state index is 4.89. The Kier molecular flexibility index (Phi) is 3.29. The molecule has 0 aliphatic heterocycles. The second-order valence-corrected chi connectivity index (χ2v) is 1.39. The number of hydrogen-bond donors (Lipinski definition) is 0. The first kappa shape index (κ1) is 6.41. The van der Waals surface area contributed by atoms with Crippen molar-refractivity contribution in [1.29, 1.82) is 0 Å². The van der Waals surface area contributed by atoms with Crippen molar-refractivity contribution in [2.75, 3.05) is 6.61 Å². The van der Waals surface area contributed by atoms with Gasteiger partial charge < -0.3 is 4.74 Å². The lowest BCUT2D eigenvalue weighted by atomic mass is 10.5. The molecule has 0 amide bonds. The molecule has 0 rings (SSSR count). The number of ether oxygens (including phenoxy) is 1. The van der Waals surface area contributed by atoms with Crippen molar-refractivity contribution >= 4 is 0 Å². The molecular weight excluding hydrogens is 88.1 g/mol. The van der Waals surface area contributed by atoms with E-state index in [1.54, 1.807) is 0 Å². The molecule has 0 radical (unpaired) electrons. The molecule has 0 aliphatic carbocycles. The molecule has 1 heteroatoms. The molecule has 40 valence electrons.